The third-order valence-corrected chi connectivity index (χ3v) is 5.75. The Morgan fingerprint density at radius 1 is 1.03 bits per heavy atom. The molecule has 7 nitrogen and oxygen atoms in total. The van der Waals surface area contributed by atoms with Gasteiger partial charge in [-0.25, -0.2) is 5.43 Å². The Bertz CT molecular complexity index is 1250. The van der Waals surface area contributed by atoms with Crippen LogP contribution >= 0.6 is 39.1 Å². The summed E-state index contributed by atoms with van der Waals surface area (Å²) in [6.45, 7) is 4.69. The van der Waals surface area contributed by atoms with Crippen LogP contribution in [-0.4, -0.2) is 24.6 Å². The van der Waals surface area contributed by atoms with Crippen LogP contribution in [0.1, 0.15) is 23.6 Å². The monoisotopic (exact) mass is 577 g/mol. The van der Waals surface area contributed by atoms with Crippen molar-refractivity contribution in [1.29, 1.82) is 0 Å². The molecular weight excluding hydrogens is 557 g/mol. The molecule has 0 heterocycles. The van der Waals surface area contributed by atoms with Gasteiger partial charge in [0, 0.05) is 5.02 Å². The fourth-order valence-corrected chi connectivity index (χ4v) is 3.80. The SMILES string of the molecule is CCOc1cc(C=NNC(=O)C(=O)Nc2cc(Cl)ccc2Cl)cc(Br)c1OCc1ccc(C)cc1. The molecule has 0 radical (unpaired) electrons. The first-order valence-corrected chi connectivity index (χ1v) is 12.1. The highest BCUT2D eigenvalue weighted by Crippen LogP contribution is 2.37. The Morgan fingerprint density at radius 2 is 1.77 bits per heavy atom. The average Bonchev–Trinajstić information content (AvgIpc) is 2.82. The summed E-state index contributed by atoms with van der Waals surface area (Å²) in [5, 5.41) is 6.86. The Balaban J connectivity index is 1.66. The lowest BCUT2D eigenvalue weighted by molar-refractivity contribution is -0.136. The van der Waals surface area contributed by atoms with E-state index in [4.69, 9.17) is 32.7 Å². The lowest BCUT2D eigenvalue weighted by atomic mass is 10.2. The fourth-order valence-electron chi connectivity index (χ4n) is 2.89. The number of hydrogen-bond acceptors (Lipinski definition) is 5. The van der Waals surface area contributed by atoms with Crippen LogP contribution in [0.25, 0.3) is 0 Å². The summed E-state index contributed by atoms with van der Waals surface area (Å²) in [5.41, 5.74) is 5.20. The van der Waals surface area contributed by atoms with Gasteiger partial charge in [-0.2, -0.15) is 5.10 Å². The van der Waals surface area contributed by atoms with Crippen molar-refractivity contribution in [3.63, 3.8) is 0 Å². The van der Waals surface area contributed by atoms with E-state index in [0.29, 0.717) is 39.8 Å². The Labute approximate surface area is 221 Å². The Morgan fingerprint density at radius 3 is 2.49 bits per heavy atom. The highest BCUT2D eigenvalue weighted by Gasteiger charge is 2.15. The van der Waals surface area contributed by atoms with Gasteiger partial charge >= 0.3 is 11.8 Å². The summed E-state index contributed by atoms with van der Waals surface area (Å²) < 4.78 is 12.4. The van der Waals surface area contributed by atoms with Crippen LogP contribution in [0.5, 0.6) is 11.5 Å². The highest BCUT2D eigenvalue weighted by atomic mass is 79.9. The fraction of sp³-hybridized carbons (Fsp3) is 0.160. The quantitative estimate of drug-likeness (QED) is 0.191. The third-order valence-electron chi connectivity index (χ3n) is 4.60. The van der Waals surface area contributed by atoms with Gasteiger partial charge < -0.3 is 14.8 Å². The zero-order valence-electron chi connectivity index (χ0n) is 18.9. The number of halogens is 3. The molecule has 0 aliphatic heterocycles. The summed E-state index contributed by atoms with van der Waals surface area (Å²) in [5.74, 6) is -0.858. The standard InChI is InChI=1S/C25H22BrCl2N3O4/c1-3-34-22-11-17(10-19(26)23(22)35-14-16-6-4-15(2)5-7-16)13-29-31-25(33)24(32)30-21-12-18(27)8-9-20(21)28/h4-13H,3,14H2,1-2H3,(H,30,32)(H,31,33). The lowest BCUT2D eigenvalue weighted by Crippen LogP contribution is -2.32. The second kappa shape index (κ2) is 12.6. The van der Waals surface area contributed by atoms with Crippen molar-refractivity contribution < 1.29 is 19.1 Å². The number of hydrogen-bond donors (Lipinski definition) is 2. The normalized spacial score (nSPS) is 10.8. The second-order valence-corrected chi connectivity index (χ2v) is 9.01. The van der Waals surface area contributed by atoms with Crippen molar-refractivity contribution in [3.05, 3.63) is 85.8 Å². The maximum absolute atomic E-state index is 12.1. The minimum atomic E-state index is -0.973. The molecule has 10 heteroatoms. The third kappa shape index (κ3) is 7.71. The number of carbonyl (C=O) groups excluding carboxylic acids is 2. The van der Waals surface area contributed by atoms with E-state index in [0.717, 1.165) is 5.56 Å². The van der Waals surface area contributed by atoms with E-state index in [-0.39, 0.29) is 10.7 Å². The molecule has 0 aliphatic carbocycles. The number of nitrogens with one attached hydrogen (secondary N) is 2. The van der Waals surface area contributed by atoms with Crippen molar-refractivity contribution in [2.24, 2.45) is 5.10 Å². The molecule has 0 saturated heterocycles. The van der Waals surface area contributed by atoms with Gasteiger partial charge in [0.15, 0.2) is 11.5 Å². The summed E-state index contributed by atoms with van der Waals surface area (Å²) in [4.78, 5) is 24.2. The molecule has 3 rings (SSSR count). The van der Waals surface area contributed by atoms with Gasteiger partial charge in [0.2, 0.25) is 0 Å². The van der Waals surface area contributed by atoms with Crippen LogP contribution in [0, 0.1) is 6.92 Å². The molecule has 182 valence electrons. The minimum Gasteiger partial charge on any atom is -0.490 e. The van der Waals surface area contributed by atoms with Gasteiger partial charge in [0.1, 0.15) is 6.61 Å². The zero-order valence-corrected chi connectivity index (χ0v) is 22.0. The molecule has 0 bridgehead atoms. The van der Waals surface area contributed by atoms with Gasteiger partial charge in [0.05, 0.1) is 28.0 Å². The molecule has 2 N–H and O–H groups in total. The zero-order chi connectivity index (χ0) is 25.4. The Hall–Kier alpha value is -3.07. The number of nitrogens with zero attached hydrogens (tertiary/aromatic N) is 1. The molecule has 2 amide bonds. The maximum atomic E-state index is 12.1. The molecule has 0 spiro atoms. The van der Waals surface area contributed by atoms with Crippen molar-refractivity contribution in [3.8, 4) is 11.5 Å². The van der Waals surface area contributed by atoms with E-state index in [1.54, 1.807) is 18.2 Å². The molecule has 35 heavy (non-hydrogen) atoms. The van der Waals surface area contributed by atoms with Crippen LogP contribution in [-0.2, 0) is 16.2 Å². The summed E-state index contributed by atoms with van der Waals surface area (Å²) in [7, 11) is 0. The molecule has 0 aliphatic rings. The van der Waals surface area contributed by atoms with Crippen LogP contribution in [0.3, 0.4) is 0 Å². The number of hydrazone groups is 1. The molecule has 0 fully saturated rings. The van der Waals surface area contributed by atoms with E-state index in [1.165, 1.54) is 23.9 Å². The summed E-state index contributed by atoms with van der Waals surface area (Å²) >= 11 is 15.4. The first-order valence-electron chi connectivity index (χ1n) is 10.5. The van der Waals surface area contributed by atoms with E-state index >= 15 is 0 Å². The number of ether oxygens (including phenoxy) is 2. The molecule has 3 aromatic rings. The largest absolute Gasteiger partial charge is 0.490 e. The minimum absolute atomic E-state index is 0.217. The molecule has 0 saturated carbocycles. The number of benzene rings is 3. The number of carbonyl (C=O) groups is 2. The summed E-state index contributed by atoms with van der Waals surface area (Å²) in [6.07, 6.45) is 1.38. The average molecular weight is 579 g/mol. The van der Waals surface area contributed by atoms with Crippen molar-refractivity contribution >= 4 is 62.8 Å². The molecule has 0 unspecified atom stereocenters. The molecule has 0 atom stereocenters. The molecule has 0 aromatic heterocycles. The highest BCUT2D eigenvalue weighted by molar-refractivity contribution is 9.10. The molecular formula is C25H22BrCl2N3O4. The van der Waals surface area contributed by atoms with Crippen LogP contribution < -0.4 is 20.2 Å². The van der Waals surface area contributed by atoms with E-state index < -0.39 is 11.8 Å². The number of aryl methyl sites for hydroxylation is 1. The van der Waals surface area contributed by atoms with Gasteiger partial charge in [-0.3, -0.25) is 9.59 Å². The van der Waals surface area contributed by atoms with Crippen LogP contribution in [0.15, 0.2) is 64.2 Å². The van der Waals surface area contributed by atoms with Gasteiger partial charge in [-0.15, -0.1) is 0 Å². The van der Waals surface area contributed by atoms with Crippen LogP contribution in [0.2, 0.25) is 10.0 Å². The van der Waals surface area contributed by atoms with E-state index in [1.807, 2.05) is 38.1 Å². The van der Waals surface area contributed by atoms with E-state index in [2.05, 4.69) is 31.8 Å². The molecule has 3 aromatic carbocycles. The van der Waals surface area contributed by atoms with E-state index in [9.17, 15) is 9.59 Å². The van der Waals surface area contributed by atoms with Crippen molar-refractivity contribution in [1.82, 2.24) is 5.43 Å². The van der Waals surface area contributed by atoms with Gasteiger partial charge in [-0.05, 0) is 71.2 Å². The summed E-state index contributed by atoms with van der Waals surface area (Å²) in [6, 6.07) is 16.1. The van der Waals surface area contributed by atoms with Crippen LogP contribution in [0.4, 0.5) is 5.69 Å². The first kappa shape index (κ1) is 26.5. The maximum Gasteiger partial charge on any atom is 0.329 e. The predicted molar refractivity (Wildman–Crippen MR) is 142 cm³/mol. The topological polar surface area (TPSA) is 89.0 Å². The van der Waals surface area contributed by atoms with Crippen molar-refractivity contribution in [2.45, 2.75) is 20.5 Å². The number of anilines is 1. The van der Waals surface area contributed by atoms with Gasteiger partial charge in [-0.1, -0.05) is 53.0 Å². The number of amides is 2. The van der Waals surface area contributed by atoms with Gasteiger partial charge in [0.25, 0.3) is 0 Å². The van der Waals surface area contributed by atoms with Crippen molar-refractivity contribution in [2.75, 3.05) is 11.9 Å². The smallest absolute Gasteiger partial charge is 0.329 e. The second-order valence-electron chi connectivity index (χ2n) is 7.31. The number of rotatable bonds is 8. The first-order chi connectivity index (χ1) is 16.8. The predicted octanol–water partition coefficient (Wildman–Crippen LogP) is 6.13. The lowest BCUT2D eigenvalue weighted by Gasteiger charge is -2.15. The Kier molecular flexibility index (Phi) is 9.54.